The standard InChI is InChI=1S/C26H26O8/c1-25(2,33-29)19-7-5-9-21(15-19)31-23(27)17-11-13-18(14-12-17)24(28)32-22-10-6-8-20(16-22)26(3,4)34-30/h5-16,29-30H,1-4H3. The monoisotopic (exact) mass is 466 g/mol. The van der Waals surface area contributed by atoms with Crippen molar-refractivity contribution in [3.8, 4) is 11.5 Å². The lowest BCUT2D eigenvalue weighted by molar-refractivity contribution is -0.318. The minimum atomic E-state index is -0.967. The third kappa shape index (κ3) is 5.86. The van der Waals surface area contributed by atoms with Crippen molar-refractivity contribution in [2.45, 2.75) is 38.9 Å². The molecule has 0 amide bonds. The Balaban J connectivity index is 1.68. The van der Waals surface area contributed by atoms with Crippen LogP contribution < -0.4 is 9.47 Å². The number of benzene rings is 3. The number of hydrogen-bond acceptors (Lipinski definition) is 8. The summed E-state index contributed by atoms with van der Waals surface area (Å²) in [7, 11) is 0. The number of ether oxygens (including phenoxy) is 2. The van der Waals surface area contributed by atoms with Crippen LogP contribution >= 0.6 is 0 Å². The van der Waals surface area contributed by atoms with Gasteiger partial charge in [-0.3, -0.25) is 10.5 Å². The smallest absolute Gasteiger partial charge is 0.343 e. The Morgan fingerprint density at radius 2 is 0.971 bits per heavy atom. The number of carbonyl (C=O) groups excluding carboxylic acids is 2. The van der Waals surface area contributed by atoms with Crippen LogP contribution in [-0.2, 0) is 21.0 Å². The first-order valence-electron chi connectivity index (χ1n) is 10.5. The summed E-state index contributed by atoms with van der Waals surface area (Å²) >= 11 is 0. The van der Waals surface area contributed by atoms with Crippen LogP contribution in [0.25, 0.3) is 0 Å². The van der Waals surface area contributed by atoms with E-state index in [-0.39, 0.29) is 22.6 Å². The third-order valence-corrected chi connectivity index (χ3v) is 5.29. The first kappa shape index (κ1) is 25.1. The Morgan fingerprint density at radius 3 is 1.29 bits per heavy atom. The van der Waals surface area contributed by atoms with E-state index in [1.54, 1.807) is 76.2 Å². The van der Waals surface area contributed by atoms with E-state index < -0.39 is 23.1 Å². The van der Waals surface area contributed by atoms with Crippen LogP contribution in [0.15, 0.2) is 72.8 Å². The summed E-state index contributed by atoms with van der Waals surface area (Å²) in [6.07, 6.45) is 0. The summed E-state index contributed by atoms with van der Waals surface area (Å²) in [5.41, 5.74) is -0.213. The van der Waals surface area contributed by atoms with Crippen molar-refractivity contribution in [3.05, 3.63) is 95.1 Å². The summed E-state index contributed by atoms with van der Waals surface area (Å²) in [6, 6.07) is 19.1. The molecule has 0 saturated heterocycles. The van der Waals surface area contributed by atoms with Gasteiger partial charge in [0.05, 0.1) is 11.1 Å². The summed E-state index contributed by atoms with van der Waals surface area (Å²) in [4.78, 5) is 34.0. The van der Waals surface area contributed by atoms with Gasteiger partial charge in [0.1, 0.15) is 22.7 Å². The lowest BCUT2D eigenvalue weighted by Gasteiger charge is -2.21. The molecule has 2 N–H and O–H groups in total. The van der Waals surface area contributed by atoms with E-state index in [2.05, 4.69) is 9.78 Å². The molecule has 0 saturated carbocycles. The predicted octanol–water partition coefficient (Wildman–Crippen LogP) is 5.57. The maximum atomic E-state index is 12.5. The minimum Gasteiger partial charge on any atom is -0.423 e. The van der Waals surface area contributed by atoms with Gasteiger partial charge in [0, 0.05) is 0 Å². The molecule has 0 spiro atoms. The highest BCUT2D eigenvalue weighted by atomic mass is 17.1. The Morgan fingerprint density at radius 1 is 0.618 bits per heavy atom. The highest BCUT2D eigenvalue weighted by Crippen LogP contribution is 2.28. The number of rotatable bonds is 8. The van der Waals surface area contributed by atoms with Gasteiger partial charge in [-0.25, -0.2) is 19.4 Å². The number of hydrogen-bond donors (Lipinski definition) is 2. The fraction of sp³-hybridized carbons (Fsp3) is 0.231. The van der Waals surface area contributed by atoms with Crippen molar-refractivity contribution >= 4 is 11.9 Å². The molecule has 0 aliphatic heterocycles. The van der Waals surface area contributed by atoms with Crippen LogP contribution in [0.5, 0.6) is 11.5 Å². The highest BCUT2D eigenvalue weighted by Gasteiger charge is 2.23. The zero-order valence-electron chi connectivity index (χ0n) is 19.3. The van der Waals surface area contributed by atoms with Gasteiger partial charge in [0.15, 0.2) is 0 Å². The van der Waals surface area contributed by atoms with Crippen molar-refractivity contribution in [2.75, 3.05) is 0 Å². The molecule has 0 atom stereocenters. The fourth-order valence-electron chi connectivity index (χ4n) is 3.05. The molecule has 3 aromatic carbocycles. The van der Waals surface area contributed by atoms with Crippen LogP contribution in [0.3, 0.4) is 0 Å². The molecular formula is C26H26O8. The zero-order valence-corrected chi connectivity index (χ0v) is 19.3. The van der Waals surface area contributed by atoms with Crippen molar-refractivity contribution < 1.29 is 39.4 Å². The maximum Gasteiger partial charge on any atom is 0.343 e. The normalized spacial score (nSPS) is 11.7. The Labute approximate surface area is 197 Å². The fourth-order valence-corrected chi connectivity index (χ4v) is 3.05. The van der Waals surface area contributed by atoms with Gasteiger partial charge in [-0.15, -0.1) is 0 Å². The maximum absolute atomic E-state index is 12.5. The molecule has 178 valence electrons. The molecule has 0 heterocycles. The summed E-state index contributed by atoms with van der Waals surface area (Å²) < 4.78 is 10.8. The Kier molecular flexibility index (Phi) is 7.48. The van der Waals surface area contributed by atoms with E-state index in [0.717, 1.165) is 0 Å². The quantitative estimate of drug-likeness (QED) is 0.192. The lowest BCUT2D eigenvalue weighted by Crippen LogP contribution is -2.20. The second-order valence-electron chi connectivity index (χ2n) is 8.62. The molecule has 0 aliphatic rings. The molecule has 0 aliphatic carbocycles. The van der Waals surface area contributed by atoms with Gasteiger partial charge < -0.3 is 9.47 Å². The average Bonchev–Trinajstić information content (AvgIpc) is 2.84. The molecule has 34 heavy (non-hydrogen) atoms. The minimum absolute atomic E-state index is 0.239. The summed E-state index contributed by atoms with van der Waals surface area (Å²) in [5, 5.41) is 18.1. The largest absolute Gasteiger partial charge is 0.423 e. The van der Waals surface area contributed by atoms with Gasteiger partial charge in [-0.2, -0.15) is 0 Å². The van der Waals surface area contributed by atoms with Gasteiger partial charge in [0.2, 0.25) is 0 Å². The van der Waals surface area contributed by atoms with Crippen molar-refractivity contribution in [3.63, 3.8) is 0 Å². The predicted molar refractivity (Wildman–Crippen MR) is 123 cm³/mol. The Hall–Kier alpha value is -3.56. The molecular weight excluding hydrogens is 440 g/mol. The summed E-state index contributed by atoms with van der Waals surface area (Å²) in [5.74, 6) is -0.658. The van der Waals surface area contributed by atoms with Crippen LogP contribution in [-0.4, -0.2) is 22.5 Å². The first-order chi connectivity index (χ1) is 16.1. The number of carbonyl (C=O) groups is 2. The van der Waals surface area contributed by atoms with Crippen molar-refractivity contribution in [1.29, 1.82) is 0 Å². The van der Waals surface area contributed by atoms with Crippen molar-refractivity contribution in [1.82, 2.24) is 0 Å². The zero-order chi connectivity index (χ0) is 24.9. The third-order valence-electron chi connectivity index (χ3n) is 5.29. The van der Waals surface area contributed by atoms with E-state index in [1.807, 2.05) is 0 Å². The van der Waals surface area contributed by atoms with Crippen LogP contribution in [0.1, 0.15) is 59.5 Å². The molecule has 0 bridgehead atoms. The topological polar surface area (TPSA) is 112 Å². The van der Waals surface area contributed by atoms with Crippen molar-refractivity contribution in [2.24, 2.45) is 0 Å². The second kappa shape index (κ2) is 10.1. The van der Waals surface area contributed by atoms with Crippen LogP contribution in [0, 0.1) is 0 Å². The van der Waals surface area contributed by atoms with E-state index in [4.69, 9.17) is 20.0 Å². The second-order valence-corrected chi connectivity index (χ2v) is 8.62. The Bertz CT molecular complexity index is 1070. The molecule has 3 aromatic rings. The van der Waals surface area contributed by atoms with E-state index in [1.165, 1.54) is 24.3 Å². The van der Waals surface area contributed by atoms with Gasteiger partial charge in [-0.05, 0) is 87.4 Å². The van der Waals surface area contributed by atoms with E-state index >= 15 is 0 Å². The summed E-state index contributed by atoms with van der Waals surface area (Å²) in [6.45, 7) is 6.68. The molecule has 3 rings (SSSR count). The van der Waals surface area contributed by atoms with Crippen LogP contribution in [0.4, 0.5) is 0 Å². The van der Waals surface area contributed by atoms with Crippen LogP contribution in [0.2, 0.25) is 0 Å². The van der Waals surface area contributed by atoms with E-state index in [0.29, 0.717) is 11.1 Å². The molecule has 0 unspecified atom stereocenters. The molecule has 0 fully saturated rings. The van der Waals surface area contributed by atoms with Gasteiger partial charge in [0.25, 0.3) is 0 Å². The molecule has 8 heteroatoms. The first-order valence-corrected chi connectivity index (χ1v) is 10.5. The molecule has 0 aromatic heterocycles. The SMILES string of the molecule is CC(C)(OO)c1cccc(OC(=O)c2ccc(C(=O)Oc3cccc(C(C)(C)OO)c3)cc2)c1. The van der Waals surface area contributed by atoms with Gasteiger partial charge >= 0.3 is 11.9 Å². The average molecular weight is 466 g/mol. The molecule has 0 radical (unpaired) electrons. The molecule has 8 nitrogen and oxygen atoms in total. The van der Waals surface area contributed by atoms with Gasteiger partial charge in [-0.1, -0.05) is 24.3 Å². The lowest BCUT2D eigenvalue weighted by atomic mass is 9.98. The van der Waals surface area contributed by atoms with E-state index in [9.17, 15) is 9.59 Å². The number of esters is 2. The highest BCUT2D eigenvalue weighted by molar-refractivity contribution is 5.94.